The summed E-state index contributed by atoms with van der Waals surface area (Å²) in [5.41, 5.74) is 2.55. The van der Waals surface area contributed by atoms with E-state index in [2.05, 4.69) is 31.3 Å². The van der Waals surface area contributed by atoms with Crippen molar-refractivity contribution in [1.82, 2.24) is 29.4 Å². The molecule has 9 heteroatoms. The summed E-state index contributed by atoms with van der Waals surface area (Å²) in [6, 6.07) is 5.27. The Morgan fingerprint density at radius 2 is 2.15 bits per heavy atom. The van der Waals surface area contributed by atoms with Gasteiger partial charge in [-0.15, -0.1) is 0 Å². The monoisotopic (exact) mass is 430 g/mol. The van der Waals surface area contributed by atoms with Gasteiger partial charge in [-0.25, -0.2) is 9.50 Å². The lowest BCUT2D eigenvalue weighted by atomic mass is 10.1. The molecule has 0 saturated carbocycles. The van der Waals surface area contributed by atoms with Crippen LogP contribution in [0.2, 0.25) is 0 Å². The third-order valence-corrected chi connectivity index (χ3v) is 5.22. The topological polar surface area (TPSA) is 84.5 Å². The number of nitrogens with one attached hydrogen (secondary N) is 1. The summed E-state index contributed by atoms with van der Waals surface area (Å²) in [6.07, 6.45) is 3.44. The quantitative estimate of drug-likeness (QED) is 0.690. The SMILES string of the molecule is CCNC(=O)c1ccc2n1CCN(C(=O)c1cc3ncc(Br)cn3n1)C2C. The minimum Gasteiger partial charge on any atom is -0.351 e. The molecule has 27 heavy (non-hydrogen) atoms. The number of carbonyl (C=O) groups excluding carboxylic acids is 2. The van der Waals surface area contributed by atoms with Crippen molar-refractivity contribution in [1.29, 1.82) is 0 Å². The fraction of sp³-hybridized carbons (Fsp3) is 0.333. The Labute approximate surface area is 164 Å². The summed E-state index contributed by atoms with van der Waals surface area (Å²) < 4.78 is 4.36. The van der Waals surface area contributed by atoms with Crippen LogP contribution in [0.1, 0.15) is 46.6 Å². The van der Waals surface area contributed by atoms with Crippen molar-refractivity contribution in [3.05, 3.63) is 52.1 Å². The number of amides is 2. The van der Waals surface area contributed by atoms with E-state index in [0.29, 0.717) is 36.7 Å². The molecule has 0 fully saturated rings. The molecule has 140 valence electrons. The molecular formula is C18H19BrN6O2. The summed E-state index contributed by atoms with van der Waals surface area (Å²) >= 11 is 3.35. The molecule has 0 radical (unpaired) electrons. The van der Waals surface area contributed by atoms with Crippen LogP contribution in [0.3, 0.4) is 0 Å². The molecule has 0 aliphatic carbocycles. The van der Waals surface area contributed by atoms with E-state index in [0.717, 1.165) is 10.2 Å². The van der Waals surface area contributed by atoms with Crippen LogP contribution in [0.4, 0.5) is 0 Å². The lowest BCUT2D eigenvalue weighted by Crippen LogP contribution is -2.42. The fourth-order valence-electron chi connectivity index (χ4n) is 3.49. The molecule has 0 spiro atoms. The minimum atomic E-state index is -0.154. The molecule has 4 heterocycles. The summed E-state index contributed by atoms with van der Waals surface area (Å²) in [7, 11) is 0. The Hall–Kier alpha value is -2.68. The predicted octanol–water partition coefficient (Wildman–Crippen LogP) is 2.26. The van der Waals surface area contributed by atoms with Gasteiger partial charge in [-0.3, -0.25) is 9.59 Å². The number of rotatable bonds is 3. The standard InChI is InChI=1S/C18H19BrN6O2/c1-3-20-17(26)15-5-4-14-11(2)23(6-7-24(14)15)18(27)13-8-16-21-9-12(19)10-25(16)22-13/h4-5,8-11H,3,6-7H2,1-2H3,(H,20,26). The number of fused-ring (bicyclic) bond motifs is 2. The molecule has 0 bridgehead atoms. The third-order valence-electron chi connectivity index (χ3n) is 4.81. The first-order valence-electron chi connectivity index (χ1n) is 8.79. The van der Waals surface area contributed by atoms with Gasteiger partial charge in [-0.1, -0.05) is 0 Å². The van der Waals surface area contributed by atoms with E-state index in [4.69, 9.17) is 0 Å². The van der Waals surface area contributed by atoms with Crippen molar-refractivity contribution >= 4 is 33.4 Å². The average Bonchev–Trinajstić information content (AvgIpc) is 3.25. The van der Waals surface area contributed by atoms with E-state index in [9.17, 15) is 9.59 Å². The molecule has 0 saturated heterocycles. The second-order valence-electron chi connectivity index (χ2n) is 6.43. The zero-order valence-corrected chi connectivity index (χ0v) is 16.6. The first-order chi connectivity index (χ1) is 13.0. The summed E-state index contributed by atoms with van der Waals surface area (Å²) in [5.74, 6) is -0.233. The van der Waals surface area contributed by atoms with Gasteiger partial charge in [-0.05, 0) is 41.9 Å². The lowest BCUT2D eigenvalue weighted by molar-refractivity contribution is 0.0635. The number of hydrogen-bond donors (Lipinski definition) is 1. The zero-order valence-electron chi connectivity index (χ0n) is 15.0. The van der Waals surface area contributed by atoms with E-state index < -0.39 is 0 Å². The van der Waals surface area contributed by atoms with E-state index >= 15 is 0 Å². The highest BCUT2D eigenvalue weighted by molar-refractivity contribution is 9.10. The van der Waals surface area contributed by atoms with Crippen LogP contribution in [0.15, 0.2) is 35.1 Å². The molecule has 3 aromatic rings. The zero-order chi connectivity index (χ0) is 19.1. The van der Waals surface area contributed by atoms with Crippen molar-refractivity contribution < 1.29 is 9.59 Å². The van der Waals surface area contributed by atoms with Crippen LogP contribution in [-0.4, -0.2) is 49.0 Å². The van der Waals surface area contributed by atoms with E-state index in [1.807, 2.05) is 30.5 Å². The predicted molar refractivity (Wildman–Crippen MR) is 103 cm³/mol. The van der Waals surface area contributed by atoms with Gasteiger partial charge in [0.2, 0.25) is 0 Å². The average molecular weight is 431 g/mol. The first kappa shape index (κ1) is 17.7. The van der Waals surface area contributed by atoms with Gasteiger partial charge in [0.25, 0.3) is 11.8 Å². The molecule has 1 unspecified atom stereocenters. The smallest absolute Gasteiger partial charge is 0.275 e. The molecule has 1 N–H and O–H groups in total. The van der Waals surface area contributed by atoms with Gasteiger partial charge in [0.1, 0.15) is 5.69 Å². The van der Waals surface area contributed by atoms with Crippen molar-refractivity contribution in [3.63, 3.8) is 0 Å². The van der Waals surface area contributed by atoms with Crippen molar-refractivity contribution in [3.8, 4) is 0 Å². The summed E-state index contributed by atoms with van der Waals surface area (Å²) in [5, 5.41) is 7.19. The lowest BCUT2D eigenvalue weighted by Gasteiger charge is -2.35. The molecule has 1 atom stereocenters. The van der Waals surface area contributed by atoms with Crippen molar-refractivity contribution in [2.45, 2.75) is 26.4 Å². The number of hydrogen-bond acceptors (Lipinski definition) is 4. The maximum Gasteiger partial charge on any atom is 0.275 e. The number of nitrogens with zero attached hydrogens (tertiary/aromatic N) is 5. The largest absolute Gasteiger partial charge is 0.351 e. The highest BCUT2D eigenvalue weighted by Crippen LogP contribution is 2.28. The molecule has 3 aromatic heterocycles. The Morgan fingerprint density at radius 1 is 1.33 bits per heavy atom. The van der Waals surface area contributed by atoms with Crippen LogP contribution < -0.4 is 5.32 Å². The van der Waals surface area contributed by atoms with Gasteiger partial charge in [0, 0.05) is 43.8 Å². The van der Waals surface area contributed by atoms with Crippen molar-refractivity contribution in [2.75, 3.05) is 13.1 Å². The highest BCUT2D eigenvalue weighted by atomic mass is 79.9. The minimum absolute atomic E-state index is 0.0901. The van der Waals surface area contributed by atoms with E-state index in [1.54, 1.807) is 27.9 Å². The number of aromatic nitrogens is 4. The van der Waals surface area contributed by atoms with Crippen LogP contribution in [-0.2, 0) is 6.54 Å². The molecular weight excluding hydrogens is 412 g/mol. The number of carbonyl (C=O) groups is 2. The van der Waals surface area contributed by atoms with Crippen LogP contribution in [0.5, 0.6) is 0 Å². The molecule has 1 aliphatic rings. The van der Waals surface area contributed by atoms with Gasteiger partial charge >= 0.3 is 0 Å². The molecule has 1 aliphatic heterocycles. The molecule has 0 aromatic carbocycles. The second kappa shape index (κ2) is 6.80. The Bertz CT molecular complexity index is 1040. The Balaban J connectivity index is 1.62. The summed E-state index contributed by atoms with van der Waals surface area (Å²) in [6.45, 7) is 5.52. The normalized spacial score (nSPS) is 16.4. The number of halogens is 1. The van der Waals surface area contributed by atoms with E-state index in [-0.39, 0.29) is 17.9 Å². The summed E-state index contributed by atoms with van der Waals surface area (Å²) in [4.78, 5) is 31.3. The highest BCUT2D eigenvalue weighted by Gasteiger charge is 2.31. The van der Waals surface area contributed by atoms with Crippen LogP contribution >= 0.6 is 15.9 Å². The fourth-order valence-corrected chi connectivity index (χ4v) is 3.79. The Kier molecular flexibility index (Phi) is 4.47. The van der Waals surface area contributed by atoms with E-state index in [1.165, 1.54) is 0 Å². The van der Waals surface area contributed by atoms with Gasteiger partial charge in [0.15, 0.2) is 11.3 Å². The molecule has 8 nitrogen and oxygen atoms in total. The first-order valence-corrected chi connectivity index (χ1v) is 9.58. The Morgan fingerprint density at radius 3 is 2.93 bits per heavy atom. The van der Waals surface area contributed by atoms with Gasteiger partial charge in [-0.2, -0.15) is 5.10 Å². The molecule has 2 amide bonds. The van der Waals surface area contributed by atoms with Crippen LogP contribution in [0, 0.1) is 0 Å². The van der Waals surface area contributed by atoms with Crippen LogP contribution in [0.25, 0.3) is 5.65 Å². The van der Waals surface area contributed by atoms with Crippen molar-refractivity contribution in [2.24, 2.45) is 0 Å². The third kappa shape index (κ3) is 3.01. The maximum atomic E-state index is 13.0. The second-order valence-corrected chi connectivity index (χ2v) is 7.35. The molecule has 4 rings (SSSR count). The maximum absolute atomic E-state index is 13.0. The van der Waals surface area contributed by atoms with Gasteiger partial charge in [0.05, 0.1) is 10.5 Å². The van der Waals surface area contributed by atoms with Gasteiger partial charge < -0.3 is 14.8 Å².